The van der Waals surface area contributed by atoms with Crippen molar-refractivity contribution in [1.29, 1.82) is 0 Å². The van der Waals surface area contributed by atoms with Gasteiger partial charge in [0.2, 0.25) is 11.8 Å². The number of nitrogens with one attached hydrogen (secondary N) is 3. The maximum atomic E-state index is 13.4. The van der Waals surface area contributed by atoms with Crippen LogP contribution in [-0.2, 0) is 25.3 Å². The zero-order chi connectivity index (χ0) is 28.3. The molecule has 1 aromatic carbocycles. The Morgan fingerprint density at radius 2 is 1.76 bits per heavy atom. The molecule has 2 atom stereocenters. The van der Waals surface area contributed by atoms with Crippen molar-refractivity contribution in [1.82, 2.24) is 15.6 Å². The molecular weight excluding hydrogens is 505 g/mol. The number of benzene rings is 1. The summed E-state index contributed by atoms with van der Waals surface area (Å²) in [5, 5.41) is 5.26. The molecule has 2 unspecified atom stereocenters. The Bertz CT molecular complexity index is 1160. The molecule has 1 aromatic heterocycles. The highest BCUT2D eigenvalue weighted by Crippen LogP contribution is 2.36. The van der Waals surface area contributed by atoms with Crippen molar-refractivity contribution in [3.05, 3.63) is 59.8 Å². The van der Waals surface area contributed by atoms with E-state index >= 15 is 0 Å². The highest BCUT2D eigenvalue weighted by Gasteiger charge is 2.33. The van der Waals surface area contributed by atoms with Crippen LogP contribution in [0.4, 0.5) is 13.2 Å². The van der Waals surface area contributed by atoms with Crippen molar-refractivity contribution in [2.24, 2.45) is 5.73 Å². The number of amides is 3. The Balaban J connectivity index is 2.17. The van der Waals surface area contributed by atoms with Gasteiger partial charge in [0.05, 0.1) is 12.2 Å². The number of nitrogens with two attached hydrogens (primary N) is 1. The van der Waals surface area contributed by atoms with E-state index in [1.165, 1.54) is 36.4 Å². The van der Waals surface area contributed by atoms with E-state index in [1.54, 1.807) is 13.8 Å². The van der Waals surface area contributed by atoms with E-state index < -0.39 is 47.5 Å². The van der Waals surface area contributed by atoms with Crippen molar-refractivity contribution < 1.29 is 37.1 Å². The summed E-state index contributed by atoms with van der Waals surface area (Å²) in [7, 11) is 0. The average molecular weight is 537 g/mol. The number of ether oxygens (including phenoxy) is 1. The molecule has 2 aromatic rings. The topological polar surface area (TPSA) is 143 Å². The molecule has 0 aliphatic rings. The number of aromatic amines is 1. The van der Waals surface area contributed by atoms with Crippen molar-refractivity contribution >= 4 is 23.7 Å². The SMILES string of the molecule is CCCC(NC(=O)c1ccc(-c2ccccc2C(F)(F)F)[nH]1)C(=O)NC(/C=C/C(=O)OCC)CCC(N)=O. The minimum absolute atomic E-state index is 0.0293. The van der Waals surface area contributed by atoms with Crippen LogP contribution in [-0.4, -0.2) is 47.4 Å². The Kier molecular flexibility index (Phi) is 11.1. The molecule has 2 rings (SSSR count). The Morgan fingerprint density at radius 1 is 1.05 bits per heavy atom. The number of aromatic nitrogens is 1. The second-order valence-electron chi connectivity index (χ2n) is 8.37. The maximum absolute atomic E-state index is 13.4. The van der Waals surface area contributed by atoms with E-state index in [1.807, 2.05) is 0 Å². The van der Waals surface area contributed by atoms with Crippen LogP contribution in [0, 0.1) is 0 Å². The number of alkyl halides is 3. The zero-order valence-corrected chi connectivity index (χ0v) is 21.1. The van der Waals surface area contributed by atoms with E-state index in [4.69, 9.17) is 10.5 Å². The van der Waals surface area contributed by atoms with Crippen LogP contribution >= 0.6 is 0 Å². The molecule has 0 aliphatic heterocycles. The number of hydrogen-bond acceptors (Lipinski definition) is 5. The molecular formula is C26H31F3N4O5. The normalized spacial score (nSPS) is 13.1. The van der Waals surface area contributed by atoms with Crippen LogP contribution in [0.1, 0.15) is 55.6 Å². The summed E-state index contributed by atoms with van der Waals surface area (Å²) in [5.74, 6) is -2.48. The summed E-state index contributed by atoms with van der Waals surface area (Å²) in [6.07, 6.45) is -1.25. The van der Waals surface area contributed by atoms with Crippen LogP contribution in [0.5, 0.6) is 0 Å². The molecule has 0 aliphatic carbocycles. The average Bonchev–Trinajstić information content (AvgIpc) is 3.35. The van der Waals surface area contributed by atoms with E-state index in [9.17, 15) is 32.3 Å². The Hall–Kier alpha value is -4.09. The Labute approximate surface area is 218 Å². The van der Waals surface area contributed by atoms with Crippen LogP contribution < -0.4 is 16.4 Å². The monoisotopic (exact) mass is 536 g/mol. The molecule has 206 valence electrons. The van der Waals surface area contributed by atoms with Crippen molar-refractivity contribution in [3.8, 4) is 11.3 Å². The third-order valence-corrected chi connectivity index (χ3v) is 5.43. The van der Waals surface area contributed by atoms with Gasteiger partial charge in [-0.2, -0.15) is 13.2 Å². The second kappa shape index (κ2) is 14.0. The molecule has 12 heteroatoms. The van der Waals surface area contributed by atoms with Crippen LogP contribution in [0.3, 0.4) is 0 Å². The molecule has 0 saturated heterocycles. The number of primary amides is 1. The van der Waals surface area contributed by atoms with Crippen LogP contribution in [0.25, 0.3) is 11.3 Å². The first-order valence-corrected chi connectivity index (χ1v) is 12.1. The number of carbonyl (C=O) groups is 4. The Morgan fingerprint density at radius 3 is 2.39 bits per heavy atom. The summed E-state index contributed by atoms with van der Waals surface area (Å²) in [5.41, 5.74) is 4.29. The van der Waals surface area contributed by atoms with E-state index in [0.29, 0.717) is 6.42 Å². The summed E-state index contributed by atoms with van der Waals surface area (Å²) < 4.78 is 45.0. The van der Waals surface area contributed by atoms with Crippen molar-refractivity contribution in [2.75, 3.05) is 6.61 Å². The van der Waals surface area contributed by atoms with Crippen LogP contribution in [0.15, 0.2) is 48.6 Å². The van der Waals surface area contributed by atoms with Crippen LogP contribution in [0.2, 0.25) is 0 Å². The highest BCUT2D eigenvalue weighted by molar-refractivity contribution is 5.97. The molecule has 38 heavy (non-hydrogen) atoms. The standard InChI is InChI=1S/C26H31F3N4O5/c1-3-7-20(24(36)31-16(10-14-22(30)34)11-15-23(35)38-4-2)33-25(37)21-13-12-19(32-21)17-8-5-6-9-18(17)26(27,28)29/h5-6,8-9,11-13,15-16,20,32H,3-4,7,10,14H2,1-2H3,(H2,30,34)(H,31,36)(H,33,37)/b15-11+. The van der Waals surface area contributed by atoms with Gasteiger partial charge in [0, 0.05) is 29.8 Å². The van der Waals surface area contributed by atoms with Crippen molar-refractivity contribution in [3.63, 3.8) is 0 Å². The summed E-state index contributed by atoms with van der Waals surface area (Å²) in [4.78, 5) is 51.4. The smallest absolute Gasteiger partial charge is 0.417 e. The fourth-order valence-electron chi connectivity index (χ4n) is 3.63. The van der Waals surface area contributed by atoms with Gasteiger partial charge in [0.25, 0.3) is 5.91 Å². The van der Waals surface area contributed by atoms with E-state index in [2.05, 4.69) is 15.6 Å². The summed E-state index contributed by atoms with van der Waals surface area (Å²) in [6, 6.07) is 5.92. The van der Waals surface area contributed by atoms with Gasteiger partial charge < -0.3 is 26.1 Å². The fraction of sp³-hybridized carbons (Fsp3) is 0.385. The summed E-state index contributed by atoms with van der Waals surface area (Å²) >= 11 is 0. The molecule has 1 heterocycles. The lowest BCUT2D eigenvalue weighted by Gasteiger charge is -2.21. The van der Waals surface area contributed by atoms with Gasteiger partial charge >= 0.3 is 12.1 Å². The van der Waals surface area contributed by atoms with E-state index in [-0.39, 0.29) is 42.8 Å². The lowest BCUT2D eigenvalue weighted by molar-refractivity contribution is -0.138. The van der Waals surface area contributed by atoms with Crippen molar-refractivity contribution in [2.45, 2.75) is 57.8 Å². The molecule has 0 radical (unpaired) electrons. The molecule has 3 amide bonds. The first-order valence-electron chi connectivity index (χ1n) is 12.1. The predicted molar refractivity (Wildman–Crippen MR) is 134 cm³/mol. The van der Waals surface area contributed by atoms with Gasteiger partial charge in [-0.05, 0) is 38.0 Å². The quantitative estimate of drug-likeness (QED) is 0.229. The second-order valence-corrected chi connectivity index (χ2v) is 8.37. The highest BCUT2D eigenvalue weighted by atomic mass is 19.4. The van der Waals surface area contributed by atoms with Gasteiger partial charge in [0.1, 0.15) is 11.7 Å². The molecule has 5 N–H and O–H groups in total. The minimum atomic E-state index is -4.58. The summed E-state index contributed by atoms with van der Waals surface area (Å²) in [6.45, 7) is 3.60. The first kappa shape index (κ1) is 30.1. The van der Waals surface area contributed by atoms with Gasteiger partial charge in [-0.25, -0.2) is 4.79 Å². The third-order valence-electron chi connectivity index (χ3n) is 5.43. The molecule has 0 bridgehead atoms. The maximum Gasteiger partial charge on any atom is 0.417 e. The number of halogens is 3. The fourth-order valence-corrected chi connectivity index (χ4v) is 3.63. The lowest BCUT2D eigenvalue weighted by Crippen LogP contribution is -2.49. The first-order chi connectivity index (χ1) is 18.0. The van der Waals surface area contributed by atoms with E-state index in [0.717, 1.165) is 12.1 Å². The molecule has 0 fully saturated rings. The minimum Gasteiger partial charge on any atom is -0.463 e. The largest absolute Gasteiger partial charge is 0.463 e. The lowest BCUT2D eigenvalue weighted by atomic mass is 10.0. The predicted octanol–water partition coefficient (Wildman–Crippen LogP) is 3.47. The molecule has 9 nitrogen and oxygen atoms in total. The van der Waals surface area contributed by atoms with Gasteiger partial charge in [0.15, 0.2) is 0 Å². The number of hydrogen-bond donors (Lipinski definition) is 4. The van der Waals surface area contributed by atoms with Gasteiger partial charge in [-0.3, -0.25) is 14.4 Å². The zero-order valence-electron chi connectivity index (χ0n) is 21.1. The third kappa shape index (κ3) is 9.09. The number of H-pyrrole nitrogens is 1. The number of carbonyl (C=O) groups excluding carboxylic acids is 4. The number of rotatable bonds is 13. The van der Waals surface area contributed by atoms with Gasteiger partial charge in [-0.15, -0.1) is 0 Å². The number of esters is 1. The van der Waals surface area contributed by atoms with Gasteiger partial charge in [-0.1, -0.05) is 37.6 Å². The molecule has 0 spiro atoms. The molecule has 0 saturated carbocycles.